The molecular weight excluding hydrogens is 216 g/mol. The van der Waals surface area contributed by atoms with Crippen molar-refractivity contribution < 1.29 is 4.42 Å². The molecule has 0 unspecified atom stereocenters. The Kier molecular flexibility index (Phi) is 2.08. The van der Waals surface area contributed by atoms with Crippen LogP contribution in [0.1, 0.15) is 19.3 Å². The van der Waals surface area contributed by atoms with Gasteiger partial charge in [-0.05, 0) is 25.0 Å². The summed E-state index contributed by atoms with van der Waals surface area (Å²) < 4.78 is 6.83. The van der Waals surface area contributed by atoms with Gasteiger partial charge in [0.05, 0.1) is 11.6 Å². The van der Waals surface area contributed by atoms with Gasteiger partial charge in [0.1, 0.15) is 0 Å². The predicted molar refractivity (Wildman–Crippen MR) is 62.4 cm³/mol. The van der Waals surface area contributed by atoms with Crippen LogP contribution < -0.4 is 5.76 Å². The van der Waals surface area contributed by atoms with Gasteiger partial charge in [0, 0.05) is 18.4 Å². The average molecular weight is 228 g/mol. The van der Waals surface area contributed by atoms with Gasteiger partial charge in [0.25, 0.3) is 0 Å². The summed E-state index contributed by atoms with van der Waals surface area (Å²) in [4.78, 5) is 11.8. The molecule has 1 aliphatic carbocycles. The number of benzene rings is 1. The van der Waals surface area contributed by atoms with Gasteiger partial charge in [-0.15, -0.1) is 0 Å². The first kappa shape index (κ1) is 10.2. The molecule has 1 aromatic carbocycles. The van der Waals surface area contributed by atoms with E-state index in [1.54, 1.807) is 10.6 Å². The van der Waals surface area contributed by atoms with E-state index in [0.717, 1.165) is 18.4 Å². The molecule has 0 bridgehead atoms. The molecule has 1 aliphatic rings. The third-order valence-corrected chi connectivity index (χ3v) is 3.48. The fraction of sp³-hybridized carbons (Fsp3) is 0.385. The first-order valence-electron chi connectivity index (χ1n) is 5.69. The number of nitrogens with zero attached hydrogens (tertiary/aromatic N) is 2. The van der Waals surface area contributed by atoms with Gasteiger partial charge >= 0.3 is 5.76 Å². The summed E-state index contributed by atoms with van der Waals surface area (Å²) in [5, 5.41) is 8.79. The number of aromatic nitrogens is 1. The molecule has 17 heavy (non-hydrogen) atoms. The molecule has 1 heterocycles. The maximum atomic E-state index is 11.8. The van der Waals surface area contributed by atoms with Crippen LogP contribution in [0.4, 0.5) is 0 Å². The van der Waals surface area contributed by atoms with Crippen LogP contribution in [0.25, 0.3) is 11.1 Å². The van der Waals surface area contributed by atoms with Crippen molar-refractivity contribution in [1.82, 2.24) is 4.57 Å². The average Bonchev–Trinajstić information content (AvgIpc) is 3.00. The Hall–Kier alpha value is -2.02. The number of oxazole rings is 1. The van der Waals surface area contributed by atoms with Crippen molar-refractivity contribution in [3.8, 4) is 6.07 Å². The molecule has 1 aromatic heterocycles. The second-order valence-corrected chi connectivity index (χ2v) is 4.76. The second-order valence-electron chi connectivity index (χ2n) is 4.76. The SMILES string of the molecule is N#CCC1(Cn2c(=O)oc3ccccc32)CC1. The molecule has 0 saturated heterocycles. The first-order valence-corrected chi connectivity index (χ1v) is 5.69. The Morgan fingerprint density at radius 1 is 1.41 bits per heavy atom. The van der Waals surface area contributed by atoms with E-state index in [-0.39, 0.29) is 11.2 Å². The zero-order valence-electron chi connectivity index (χ0n) is 9.35. The summed E-state index contributed by atoms with van der Waals surface area (Å²) in [5.41, 5.74) is 1.44. The predicted octanol–water partition coefficient (Wildman–Crippen LogP) is 2.29. The molecule has 0 amide bonds. The minimum absolute atomic E-state index is 0.00518. The van der Waals surface area contributed by atoms with Crippen LogP contribution in [-0.2, 0) is 6.54 Å². The Labute approximate surface area is 98.1 Å². The van der Waals surface area contributed by atoms with Gasteiger partial charge in [0.2, 0.25) is 0 Å². The van der Waals surface area contributed by atoms with E-state index in [9.17, 15) is 4.79 Å². The lowest BCUT2D eigenvalue weighted by Crippen LogP contribution is -2.20. The maximum absolute atomic E-state index is 11.8. The molecule has 4 nitrogen and oxygen atoms in total. The molecule has 0 radical (unpaired) electrons. The highest BCUT2D eigenvalue weighted by Gasteiger charge is 2.43. The molecule has 1 fully saturated rings. The molecule has 0 atom stereocenters. The summed E-state index contributed by atoms with van der Waals surface area (Å²) in [6.07, 6.45) is 2.55. The van der Waals surface area contributed by atoms with E-state index in [1.165, 1.54) is 0 Å². The first-order chi connectivity index (χ1) is 8.24. The zero-order valence-corrected chi connectivity index (χ0v) is 9.35. The molecule has 3 rings (SSSR count). The van der Waals surface area contributed by atoms with E-state index in [0.29, 0.717) is 18.5 Å². The Morgan fingerprint density at radius 2 is 2.18 bits per heavy atom. The number of rotatable bonds is 3. The highest BCUT2D eigenvalue weighted by molar-refractivity contribution is 5.72. The van der Waals surface area contributed by atoms with E-state index < -0.39 is 0 Å². The third-order valence-electron chi connectivity index (χ3n) is 3.48. The van der Waals surface area contributed by atoms with Crippen molar-refractivity contribution >= 4 is 11.1 Å². The lowest BCUT2D eigenvalue weighted by atomic mass is 10.0. The van der Waals surface area contributed by atoms with Crippen molar-refractivity contribution in [3.05, 3.63) is 34.8 Å². The van der Waals surface area contributed by atoms with Crippen LogP contribution in [0.2, 0.25) is 0 Å². The van der Waals surface area contributed by atoms with Crippen molar-refractivity contribution in [2.24, 2.45) is 5.41 Å². The number of hydrogen-bond donors (Lipinski definition) is 0. The standard InChI is InChI=1S/C13H12N2O2/c14-8-7-13(5-6-13)9-15-10-3-1-2-4-11(10)17-12(15)16/h1-4H,5-7,9H2. The molecule has 2 aromatic rings. The topological polar surface area (TPSA) is 58.9 Å². The Bertz CT molecular complexity index is 656. The van der Waals surface area contributed by atoms with E-state index in [1.807, 2.05) is 18.2 Å². The van der Waals surface area contributed by atoms with Crippen LogP contribution in [0.15, 0.2) is 33.5 Å². The minimum atomic E-state index is -0.324. The maximum Gasteiger partial charge on any atom is 0.419 e. The van der Waals surface area contributed by atoms with Gasteiger partial charge in [-0.1, -0.05) is 12.1 Å². The van der Waals surface area contributed by atoms with Crippen LogP contribution in [-0.4, -0.2) is 4.57 Å². The minimum Gasteiger partial charge on any atom is -0.408 e. The summed E-state index contributed by atoms with van der Waals surface area (Å²) in [6.45, 7) is 0.594. The largest absolute Gasteiger partial charge is 0.419 e. The lowest BCUT2D eigenvalue weighted by Gasteiger charge is -2.10. The zero-order chi connectivity index (χ0) is 11.9. The molecule has 0 spiro atoms. The molecule has 1 saturated carbocycles. The van der Waals surface area contributed by atoms with Crippen LogP contribution >= 0.6 is 0 Å². The summed E-state index contributed by atoms with van der Waals surface area (Å²) in [7, 11) is 0. The van der Waals surface area contributed by atoms with Gasteiger partial charge in [-0.2, -0.15) is 5.26 Å². The highest BCUT2D eigenvalue weighted by Crippen LogP contribution is 2.50. The van der Waals surface area contributed by atoms with Crippen LogP contribution in [0.3, 0.4) is 0 Å². The van der Waals surface area contributed by atoms with Gasteiger partial charge in [-0.25, -0.2) is 4.79 Å². The summed E-state index contributed by atoms with van der Waals surface area (Å²) >= 11 is 0. The molecule has 0 aliphatic heterocycles. The van der Waals surface area contributed by atoms with Crippen LogP contribution in [0, 0.1) is 16.7 Å². The molecule has 4 heteroatoms. The van der Waals surface area contributed by atoms with Gasteiger partial charge in [-0.3, -0.25) is 4.57 Å². The van der Waals surface area contributed by atoms with Crippen molar-refractivity contribution in [3.63, 3.8) is 0 Å². The molecular formula is C13H12N2O2. The Morgan fingerprint density at radius 3 is 2.88 bits per heavy atom. The third kappa shape index (κ3) is 1.64. The molecule has 0 N–H and O–H groups in total. The van der Waals surface area contributed by atoms with Gasteiger partial charge in [0.15, 0.2) is 5.58 Å². The summed E-state index contributed by atoms with van der Waals surface area (Å²) in [5.74, 6) is -0.324. The number of nitriles is 1. The monoisotopic (exact) mass is 228 g/mol. The van der Waals surface area contributed by atoms with Gasteiger partial charge < -0.3 is 4.42 Å². The lowest BCUT2D eigenvalue weighted by molar-refractivity contribution is 0.403. The van der Waals surface area contributed by atoms with Crippen molar-refractivity contribution in [2.75, 3.05) is 0 Å². The smallest absolute Gasteiger partial charge is 0.408 e. The number of hydrogen-bond acceptors (Lipinski definition) is 3. The van der Waals surface area contributed by atoms with E-state index in [4.69, 9.17) is 9.68 Å². The Balaban J connectivity index is 2.04. The highest BCUT2D eigenvalue weighted by atomic mass is 16.4. The van der Waals surface area contributed by atoms with Crippen molar-refractivity contribution in [1.29, 1.82) is 5.26 Å². The quantitative estimate of drug-likeness (QED) is 0.809. The molecule has 86 valence electrons. The fourth-order valence-electron chi connectivity index (χ4n) is 2.23. The fourth-order valence-corrected chi connectivity index (χ4v) is 2.23. The van der Waals surface area contributed by atoms with E-state index >= 15 is 0 Å². The number of fused-ring (bicyclic) bond motifs is 1. The second kappa shape index (κ2) is 3.49. The normalized spacial score (nSPS) is 16.9. The number of para-hydroxylation sites is 2. The summed E-state index contributed by atoms with van der Waals surface area (Å²) in [6, 6.07) is 9.60. The van der Waals surface area contributed by atoms with E-state index in [2.05, 4.69) is 6.07 Å². The van der Waals surface area contributed by atoms with Crippen LogP contribution in [0.5, 0.6) is 0 Å². The van der Waals surface area contributed by atoms with Crippen molar-refractivity contribution in [2.45, 2.75) is 25.8 Å².